The second kappa shape index (κ2) is 6.78. The van der Waals surface area contributed by atoms with Crippen molar-refractivity contribution in [2.75, 3.05) is 11.9 Å². The lowest BCUT2D eigenvalue weighted by Gasteiger charge is -2.20. The summed E-state index contributed by atoms with van der Waals surface area (Å²) in [5, 5.41) is 7.54. The van der Waals surface area contributed by atoms with E-state index in [-0.39, 0.29) is 5.91 Å². The molecule has 6 heteroatoms. The van der Waals surface area contributed by atoms with Crippen molar-refractivity contribution in [2.24, 2.45) is 5.92 Å². The summed E-state index contributed by atoms with van der Waals surface area (Å²) >= 11 is 0. The Morgan fingerprint density at radius 3 is 2.96 bits per heavy atom. The fraction of sp³-hybridized carbons (Fsp3) is 0.350. The SMILES string of the molecule is CC(C)Cc1nc(NCc2cccc3[nH]ccc23)c2c(n1)C(=O)NCC2. The second-order valence-electron chi connectivity index (χ2n) is 7.13. The second-order valence-corrected chi connectivity index (χ2v) is 7.13. The lowest BCUT2D eigenvalue weighted by atomic mass is 10.0. The molecule has 1 aromatic carbocycles. The lowest BCUT2D eigenvalue weighted by Crippen LogP contribution is -2.34. The van der Waals surface area contributed by atoms with E-state index in [1.54, 1.807) is 0 Å². The molecule has 1 aliphatic heterocycles. The summed E-state index contributed by atoms with van der Waals surface area (Å²) in [6.45, 7) is 5.54. The minimum Gasteiger partial charge on any atom is -0.366 e. The van der Waals surface area contributed by atoms with E-state index in [0.717, 1.165) is 35.6 Å². The Labute approximate surface area is 152 Å². The van der Waals surface area contributed by atoms with E-state index in [2.05, 4.69) is 52.6 Å². The molecule has 0 saturated carbocycles. The average molecular weight is 349 g/mol. The first-order chi connectivity index (χ1) is 12.6. The molecule has 0 fully saturated rings. The van der Waals surface area contributed by atoms with Gasteiger partial charge in [-0.3, -0.25) is 4.79 Å². The maximum absolute atomic E-state index is 12.3. The van der Waals surface area contributed by atoms with Gasteiger partial charge in [0.25, 0.3) is 5.91 Å². The lowest BCUT2D eigenvalue weighted by molar-refractivity contribution is 0.0940. The predicted molar refractivity (Wildman–Crippen MR) is 102 cm³/mol. The van der Waals surface area contributed by atoms with Crippen molar-refractivity contribution in [3.63, 3.8) is 0 Å². The van der Waals surface area contributed by atoms with E-state index in [1.807, 2.05) is 12.3 Å². The molecule has 0 bridgehead atoms. The van der Waals surface area contributed by atoms with Crippen molar-refractivity contribution in [3.05, 3.63) is 53.1 Å². The van der Waals surface area contributed by atoms with Crippen LogP contribution in [0, 0.1) is 5.92 Å². The van der Waals surface area contributed by atoms with Crippen molar-refractivity contribution in [1.82, 2.24) is 20.3 Å². The summed E-state index contributed by atoms with van der Waals surface area (Å²) in [5.41, 5.74) is 3.75. The van der Waals surface area contributed by atoms with E-state index in [0.29, 0.717) is 24.7 Å². The maximum Gasteiger partial charge on any atom is 0.270 e. The minimum absolute atomic E-state index is 0.102. The standard InChI is InChI=1S/C20H23N5O/c1-12(2)10-17-24-18-15(7-9-22-20(18)26)19(25-17)23-11-13-4-3-5-16-14(13)6-8-21-16/h3-6,8,12,21H,7,9-11H2,1-2H3,(H,22,26)(H,23,24,25). The largest absolute Gasteiger partial charge is 0.366 e. The number of carbonyl (C=O) groups excluding carboxylic acids is 1. The Morgan fingerprint density at radius 2 is 2.12 bits per heavy atom. The summed E-state index contributed by atoms with van der Waals surface area (Å²) in [6.07, 6.45) is 3.45. The number of anilines is 1. The van der Waals surface area contributed by atoms with E-state index < -0.39 is 0 Å². The summed E-state index contributed by atoms with van der Waals surface area (Å²) in [5.74, 6) is 1.83. The molecular formula is C20H23N5O. The molecular weight excluding hydrogens is 326 g/mol. The van der Waals surface area contributed by atoms with Crippen molar-refractivity contribution in [2.45, 2.75) is 33.2 Å². The van der Waals surface area contributed by atoms with Gasteiger partial charge in [-0.15, -0.1) is 0 Å². The van der Waals surface area contributed by atoms with Gasteiger partial charge in [0, 0.05) is 42.2 Å². The third-order valence-electron chi connectivity index (χ3n) is 4.65. The summed E-state index contributed by atoms with van der Waals surface area (Å²) in [7, 11) is 0. The van der Waals surface area contributed by atoms with Crippen LogP contribution < -0.4 is 10.6 Å². The van der Waals surface area contributed by atoms with Crippen molar-refractivity contribution >= 4 is 22.6 Å². The molecule has 134 valence electrons. The van der Waals surface area contributed by atoms with Crippen LogP contribution in [-0.4, -0.2) is 27.4 Å². The Hall–Kier alpha value is -2.89. The summed E-state index contributed by atoms with van der Waals surface area (Å²) in [6, 6.07) is 8.30. The molecule has 3 N–H and O–H groups in total. The van der Waals surface area contributed by atoms with E-state index in [4.69, 9.17) is 4.98 Å². The van der Waals surface area contributed by atoms with Crippen LogP contribution in [0.25, 0.3) is 10.9 Å². The third kappa shape index (κ3) is 3.14. The van der Waals surface area contributed by atoms with E-state index >= 15 is 0 Å². The van der Waals surface area contributed by atoms with Gasteiger partial charge in [0.2, 0.25) is 0 Å². The van der Waals surface area contributed by atoms with Crippen LogP contribution in [0.3, 0.4) is 0 Å². The zero-order chi connectivity index (χ0) is 18.1. The van der Waals surface area contributed by atoms with Gasteiger partial charge in [0.1, 0.15) is 17.3 Å². The van der Waals surface area contributed by atoms with Crippen LogP contribution in [0.5, 0.6) is 0 Å². The smallest absolute Gasteiger partial charge is 0.270 e. The molecule has 2 aromatic heterocycles. The number of benzene rings is 1. The summed E-state index contributed by atoms with van der Waals surface area (Å²) < 4.78 is 0. The maximum atomic E-state index is 12.3. The molecule has 6 nitrogen and oxygen atoms in total. The van der Waals surface area contributed by atoms with Crippen LogP contribution in [0.2, 0.25) is 0 Å². The van der Waals surface area contributed by atoms with Crippen LogP contribution in [0.1, 0.15) is 41.3 Å². The first-order valence-corrected chi connectivity index (χ1v) is 9.08. The van der Waals surface area contributed by atoms with Crippen molar-refractivity contribution < 1.29 is 4.79 Å². The fourth-order valence-corrected chi connectivity index (χ4v) is 3.43. The highest BCUT2D eigenvalue weighted by molar-refractivity contribution is 5.96. The molecule has 0 spiro atoms. The van der Waals surface area contributed by atoms with Gasteiger partial charge < -0.3 is 15.6 Å². The molecule has 4 rings (SSSR count). The molecule has 0 aliphatic carbocycles. The number of nitrogens with zero attached hydrogens (tertiary/aromatic N) is 2. The van der Waals surface area contributed by atoms with Gasteiger partial charge in [0.05, 0.1) is 0 Å². The Balaban J connectivity index is 1.67. The molecule has 0 saturated heterocycles. The van der Waals surface area contributed by atoms with Crippen LogP contribution in [-0.2, 0) is 19.4 Å². The number of fused-ring (bicyclic) bond motifs is 2. The highest BCUT2D eigenvalue weighted by Crippen LogP contribution is 2.23. The van der Waals surface area contributed by atoms with Gasteiger partial charge in [0.15, 0.2) is 0 Å². The number of amides is 1. The predicted octanol–water partition coefficient (Wildman–Crippen LogP) is 3.05. The molecule has 3 aromatic rings. The number of rotatable bonds is 5. The first kappa shape index (κ1) is 16.6. The number of hydrogen-bond acceptors (Lipinski definition) is 4. The van der Waals surface area contributed by atoms with Crippen LogP contribution >= 0.6 is 0 Å². The van der Waals surface area contributed by atoms with Gasteiger partial charge in [-0.1, -0.05) is 26.0 Å². The molecule has 26 heavy (non-hydrogen) atoms. The van der Waals surface area contributed by atoms with Crippen molar-refractivity contribution in [1.29, 1.82) is 0 Å². The number of aromatic amines is 1. The summed E-state index contributed by atoms with van der Waals surface area (Å²) in [4.78, 5) is 24.8. The quantitative estimate of drug-likeness (QED) is 0.661. The Morgan fingerprint density at radius 1 is 1.23 bits per heavy atom. The number of hydrogen-bond donors (Lipinski definition) is 3. The van der Waals surface area contributed by atoms with E-state index in [9.17, 15) is 4.79 Å². The molecule has 1 amide bonds. The Bertz CT molecular complexity index is 960. The first-order valence-electron chi connectivity index (χ1n) is 9.08. The number of carbonyl (C=O) groups is 1. The van der Waals surface area contributed by atoms with Gasteiger partial charge >= 0.3 is 0 Å². The fourth-order valence-electron chi connectivity index (χ4n) is 3.43. The number of aromatic nitrogens is 3. The third-order valence-corrected chi connectivity index (χ3v) is 4.65. The molecule has 0 atom stereocenters. The topological polar surface area (TPSA) is 82.7 Å². The number of H-pyrrole nitrogens is 1. The molecule has 1 aliphatic rings. The molecule has 3 heterocycles. The number of nitrogens with one attached hydrogen (secondary N) is 3. The van der Waals surface area contributed by atoms with Gasteiger partial charge in [-0.25, -0.2) is 9.97 Å². The van der Waals surface area contributed by atoms with Crippen molar-refractivity contribution in [3.8, 4) is 0 Å². The van der Waals surface area contributed by atoms with Gasteiger partial charge in [-0.2, -0.15) is 0 Å². The molecule has 0 radical (unpaired) electrons. The minimum atomic E-state index is -0.102. The highest BCUT2D eigenvalue weighted by atomic mass is 16.1. The zero-order valence-electron chi connectivity index (χ0n) is 15.1. The van der Waals surface area contributed by atoms with Crippen LogP contribution in [0.4, 0.5) is 5.82 Å². The zero-order valence-corrected chi connectivity index (χ0v) is 15.1. The Kier molecular flexibility index (Phi) is 4.32. The van der Waals surface area contributed by atoms with Crippen LogP contribution in [0.15, 0.2) is 30.5 Å². The average Bonchev–Trinajstić information content (AvgIpc) is 3.09. The normalized spacial score (nSPS) is 13.7. The molecule has 0 unspecified atom stereocenters. The van der Waals surface area contributed by atoms with E-state index in [1.165, 1.54) is 10.9 Å². The van der Waals surface area contributed by atoms with Gasteiger partial charge in [-0.05, 0) is 30.0 Å². The highest BCUT2D eigenvalue weighted by Gasteiger charge is 2.23. The monoisotopic (exact) mass is 349 g/mol.